The summed E-state index contributed by atoms with van der Waals surface area (Å²) >= 11 is 8.48. The minimum Gasteiger partial charge on any atom is -0.508 e. The molecule has 2 saturated heterocycles. The monoisotopic (exact) mass is 1100 g/mol. The van der Waals surface area contributed by atoms with E-state index in [4.69, 9.17) is 26.3 Å². The van der Waals surface area contributed by atoms with Crippen molar-refractivity contribution in [3.8, 4) is 33.9 Å². The number of anilines is 2. The predicted molar refractivity (Wildman–Crippen MR) is 306 cm³/mol. The summed E-state index contributed by atoms with van der Waals surface area (Å²) in [6, 6.07) is 22.9. The van der Waals surface area contributed by atoms with E-state index in [9.17, 15) is 24.3 Å². The number of carbonyl (C=O) groups excluding carboxylic acids is 4. The first-order valence-corrected chi connectivity index (χ1v) is 28.3. The van der Waals surface area contributed by atoms with Crippen molar-refractivity contribution in [2.24, 2.45) is 5.92 Å². The van der Waals surface area contributed by atoms with Gasteiger partial charge < -0.3 is 45.4 Å². The first-order chi connectivity index (χ1) is 37.8. The van der Waals surface area contributed by atoms with E-state index < -0.39 is 17.9 Å². The van der Waals surface area contributed by atoms with Crippen LogP contribution in [0.5, 0.6) is 11.5 Å². The second kappa shape index (κ2) is 23.8. The number of ether oxygens (including phenoxy) is 1. The van der Waals surface area contributed by atoms with E-state index in [1.165, 1.54) is 13.0 Å². The molecule has 78 heavy (non-hydrogen) atoms. The fourth-order valence-electron chi connectivity index (χ4n) is 11.3. The van der Waals surface area contributed by atoms with Crippen LogP contribution in [0.3, 0.4) is 0 Å². The zero-order valence-corrected chi connectivity index (χ0v) is 46.1. The largest absolute Gasteiger partial charge is 0.508 e. The molecule has 0 bridgehead atoms. The van der Waals surface area contributed by atoms with E-state index in [2.05, 4.69) is 26.3 Å². The van der Waals surface area contributed by atoms with Crippen LogP contribution < -0.4 is 25.6 Å². The minimum atomic E-state index is -0.680. The van der Waals surface area contributed by atoms with Crippen LogP contribution in [0.15, 0.2) is 84.2 Å². The number of phenolic OH excluding ortho intramolecular Hbond substituents is 1. The van der Waals surface area contributed by atoms with Gasteiger partial charge in [0.2, 0.25) is 29.6 Å². The van der Waals surface area contributed by atoms with Crippen molar-refractivity contribution in [2.75, 3.05) is 76.7 Å². The topological polar surface area (TPSA) is 185 Å². The van der Waals surface area contributed by atoms with Gasteiger partial charge in [0.05, 0.1) is 29.3 Å². The maximum absolute atomic E-state index is 17.1. The molecule has 0 unspecified atom stereocenters. The maximum Gasteiger partial charge on any atom is 0.246 e. The van der Waals surface area contributed by atoms with Crippen LogP contribution >= 0.6 is 22.9 Å². The number of thiazole rings is 1. The van der Waals surface area contributed by atoms with Crippen LogP contribution in [0, 0.1) is 11.7 Å². The Balaban J connectivity index is 0.801. The van der Waals surface area contributed by atoms with Gasteiger partial charge in [0.1, 0.15) is 40.5 Å². The Hall–Kier alpha value is -7.15. The van der Waals surface area contributed by atoms with Crippen molar-refractivity contribution in [3.05, 3.63) is 100 Å². The molecule has 0 spiro atoms. The second-order valence-corrected chi connectivity index (χ2v) is 22.0. The van der Waals surface area contributed by atoms with Crippen LogP contribution in [0.25, 0.3) is 54.8 Å². The number of aromatic hydroxyl groups is 1. The van der Waals surface area contributed by atoms with Crippen LogP contribution in [0.4, 0.5) is 16.2 Å². The summed E-state index contributed by atoms with van der Waals surface area (Å²) in [5.41, 5.74) is 2.29. The Morgan fingerprint density at radius 1 is 0.872 bits per heavy atom. The van der Waals surface area contributed by atoms with Crippen LogP contribution in [-0.4, -0.2) is 137 Å². The number of nitrogens with one attached hydrogen (secondary N) is 3. The molecule has 4 heterocycles. The molecule has 19 heteroatoms. The lowest BCUT2D eigenvalue weighted by atomic mass is 9.83. The zero-order chi connectivity index (χ0) is 54.6. The number of amides is 4. The Morgan fingerprint density at radius 2 is 1.62 bits per heavy atom. The maximum atomic E-state index is 17.1. The normalized spacial score (nSPS) is 16.9. The Morgan fingerprint density at radius 3 is 2.37 bits per heavy atom. The van der Waals surface area contributed by atoms with Gasteiger partial charge in [-0.15, -0.1) is 11.3 Å². The molecule has 4 N–H and O–H groups in total. The fourth-order valence-corrected chi connectivity index (χ4v) is 12.5. The molecule has 3 aliphatic rings. The highest BCUT2D eigenvalue weighted by atomic mass is 35.5. The van der Waals surface area contributed by atoms with Gasteiger partial charge in [-0.05, 0) is 97.6 Å². The summed E-state index contributed by atoms with van der Waals surface area (Å²) in [7, 11) is 3.47. The number of phenols is 1. The number of likely N-dealkylation sites (tertiary alicyclic amines) is 1. The van der Waals surface area contributed by atoms with Gasteiger partial charge in [0.25, 0.3) is 0 Å². The van der Waals surface area contributed by atoms with Crippen molar-refractivity contribution in [3.63, 3.8) is 0 Å². The molecule has 2 aliphatic heterocycles. The van der Waals surface area contributed by atoms with E-state index in [1.54, 1.807) is 47.4 Å². The quantitative estimate of drug-likeness (QED) is 0.0678. The average molecular weight is 1100 g/mol. The highest BCUT2D eigenvalue weighted by molar-refractivity contribution is 7.10. The molecule has 10 rings (SSSR count). The number of hydrogen-bond donors (Lipinski definition) is 4. The molecular formula is C59H66ClFN10O6S. The second-order valence-electron chi connectivity index (χ2n) is 20.7. The summed E-state index contributed by atoms with van der Waals surface area (Å²) in [6.45, 7) is 6.48. The Labute approximate surface area is 462 Å². The van der Waals surface area contributed by atoms with Crippen LogP contribution in [-0.2, 0) is 19.2 Å². The first kappa shape index (κ1) is 54.2. The van der Waals surface area contributed by atoms with Gasteiger partial charge in [0.15, 0.2) is 5.82 Å². The van der Waals surface area contributed by atoms with Crippen molar-refractivity contribution >= 4 is 90.8 Å². The summed E-state index contributed by atoms with van der Waals surface area (Å²) in [6.07, 6.45) is 6.87. The standard InChI is InChI=1S/C59H66ClFN10O6S/c1-35(62-3)56(75)65-53(37-13-6-5-7-14-37)58(76)71-24-12-19-48(71)57-64-47(34-78-57)42-20-21-49(43-18-11-10-17-41(42)43)77-30-29-68(4)50(74)22-23-63-59-66-54-45(55(67-59)70-27-25-69(26-28-70)36(2)72)33-46(60)51(52(54)61)44-32-39(73)31-38-15-8-9-16-40(38)44/h8-11,15-18,20-21,31-35,37,48,53,62,73H,5-7,12-14,19,22-30H2,1-4H3,(H,65,75)(H,63,66,67)/t35-,48-,53-/m0/s1. The fraction of sp³-hybridized carbons (Fsp3) is 0.407. The van der Waals surface area contributed by atoms with Gasteiger partial charge in [0, 0.05) is 86.9 Å². The van der Waals surface area contributed by atoms with E-state index in [0.717, 1.165) is 77.4 Å². The van der Waals surface area contributed by atoms with Crippen LogP contribution in [0.1, 0.15) is 76.3 Å². The summed E-state index contributed by atoms with van der Waals surface area (Å²) in [4.78, 5) is 75.3. The third kappa shape index (κ3) is 11.4. The zero-order valence-electron chi connectivity index (χ0n) is 44.5. The molecule has 408 valence electrons. The number of fused-ring (bicyclic) bond motifs is 3. The Bertz CT molecular complexity index is 3380. The van der Waals surface area contributed by atoms with Crippen molar-refractivity contribution < 1.29 is 33.4 Å². The van der Waals surface area contributed by atoms with Crippen molar-refractivity contribution in [2.45, 2.75) is 83.3 Å². The molecule has 2 aromatic heterocycles. The molecule has 1 aliphatic carbocycles. The predicted octanol–water partition coefficient (Wildman–Crippen LogP) is 9.57. The molecule has 5 aromatic carbocycles. The number of nitrogens with zero attached hydrogens (tertiary/aromatic N) is 7. The highest BCUT2D eigenvalue weighted by Gasteiger charge is 2.40. The number of carbonyl (C=O) groups is 4. The lowest BCUT2D eigenvalue weighted by Gasteiger charge is -2.35. The van der Waals surface area contributed by atoms with Gasteiger partial charge in [-0.3, -0.25) is 19.2 Å². The average Bonchev–Trinajstić information content (AvgIpc) is 4.24. The number of halogens is 2. The van der Waals surface area contributed by atoms with E-state index in [0.29, 0.717) is 67.2 Å². The molecule has 7 aromatic rings. The SMILES string of the molecule is CN[C@@H](C)C(=O)N[C@H](C(=O)N1CCC[C@H]1c1nc(-c2ccc(OCCN(C)C(=O)CCNc3nc(N4CCN(C(C)=O)CC4)c4cc(Cl)c(-c5cc(O)cc6ccccc56)c(F)c4n3)c3ccccc23)cs1)C1CCCCC1. The Kier molecular flexibility index (Phi) is 16.6. The summed E-state index contributed by atoms with van der Waals surface area (Å²) in [5, 5.41) is 26.7. The number of piperazine rings is 1. The summed E-state index contributed by atoms with van der Waals surface area (Å²) in [5.74, 6) is 0.276. The smallest absolute Gasteiger partial charge is 0.246 e. The summed E-state index contributed by atoms with van der Waals surface area (Å²) < 4.78 is 23.5. The van der Waals surface area contributed by atoms with E-state index >= 15 is 4.39 Å². The third-order valence-corrected chi connectivity index (χ3v) is 17.0. The molecule has 0 radical (unpaired) electrons. The van der Waals surface area contributed by atoms with E-state index in [1.807, 2.05) is 77.4 Å². The third-order valence-electron chi connectivity index (χ3n) is 15.7. The van der Waals surface area contributed by atoms with Gasteiger partial charge in [-0.1, -0.05) is 79.4 Å². The van der Waals surface area contributed by atoms with E-state index in [-0.39, 0.29) is 83.0 Å². The van der Waals surface area contributed by atoms with Gasteiger partial charge >= 0.3 is 0 Å². The molecule has 3 atom stereocenters. The molecule has 1 saturated carbocycles. The first-order valence-electron chi connectivity index (χ1n) is 27.1. The van der Waals surface area contributed by atoms with Crippen LogP contribution in [0.2, 0.25) is 5.02 Å². The van der Waals surface area contributed by atoms with Gasteiger partial charge in [-0.25, -0.2) is 14.4 Å². The molecular weight excluding hydrogens is 1030 g/mol. The number of hydrogen-bond acceptors (Lipinski definition) is 13. The lowest BCUT2D eigenvalue weighted by Crippen LogP contribution is -2.55. The number of likely N-dealkylation sites (N-methyl/N-ethyl adjacent to an activating group) is 2. The molecule has 3 fully saturated rings. The molecule has 16 nitrogen and oxygen atoms in total. The number of benzene rings is 5. The highest BCUT2D eigenvalue weighted by Crippen LogP contribution is 2.44. The van der Waals surface area contributed by atoms with Crippen molar-refractivity contribution in [1.29, 1.82) is 0 Å². The number of rotatable bonds is 17. The number of aromatic nitrogens is 3. The van der Waals surface area contributed by atoms with Crippen molar-refractivity contribution in [1.82, 2.24) is 40.3 Å². The molecule has 4 amide bonds. The van der Waals surface area contributed by atoms with Gasteiger partial charge in [-0.2, -0.15) is 4.98 Å². The minimum absolute atomic E-state index is 0.0165. The lowest BCUT2D eigenvalue weighted by molar-refractivity contribution is -0.139.